The van der Waals surface area contributed by atoms with Gasteiger partial charge in [-0.25, -0.2) is 13.6 Å². The average Bonchev–Trinajstić information content (AvgIpc) is 2.83. The van der Waals surface area contributed by atoms with Gasteiger partial charge in [0.05, 0.1) is 0 Å². The molecule has 0 radical (unpaired) electrons. The highest BCUT2D eigenvalue weighted by Gasteiger charge is 2.25. The summed E-state index contributed by atoms with van der Waals surface area (Å²) >= 11 is 0. The monoisotopic (exact) mass is 281 g/mol. The lowest BCUT2D eigenvalue weighted by Gasteiger charge is -2.04. The highest BCUT2D eigenvalue weighted by molar-refractivity contribution is 5.96. The summed E-state index contributed by atoms with van der Waals surface area (Å²) in [5.41, 5.74) is 0.110. The van der Waals surface area contributed by atoms with Crippen molar-refractivity contribution in [1.29, 1.82) is 0 Å². The van der Waals surface area contributed by atoms with Crippen LogP contribution in [0.5, 0.6) is 0 Å². The molecule has 0 aliphatic rings. The molecule has 1 aromatic carbocycles. The molecule has 0 saturated carbocycles. The SMILES string of the molecule is CC(C)c1onc(-c2cccc(C(F)F)c2)c1C(=O)O. The van der Waals surface area contributed by atoms with Crippen molar-refractivity contribution in [1.82, 2.24) is 5.16 Å². The molecule has 1 heterocycles. The zero-order valence-corrected chi connectivity index (χ0v) is 10.9. The summed E-state index contributed by atoms with van der Waals surface area (Å²) in [6.45, 7) is 3.54. The van der Waals surface area contributed by atoms with E-state index in [2.05, 4.69) is 5.16 Å². The van der Waals surface area contributed by atoms with Crippen LogP contribution < -0.4 is 0 Å². The van der Waals surface area contributed by atoms with Crippen molar-refractivity contribution >= 4 is 5.97 Å². The Kier molecular flexibility index (Phi) is 3.83. The third-order valence-corrected chi connectivity index (χ3v) is 2.87. The van der Waals surface area contributed by atoms with E-state index in [4.69, 9.17) is 4.52 Å². The molecule has 0 saturated heterocycles. The molecule has 0 aliphatic carbocycles. The zero-order valence-electron chi connectivity index (χ0n) is 10.9. The molecule has 0 atom stereocenters. The molecule has 0 bridgehead atoms. The van der Waals surface area contributed by atoms with Gasteiger partial charge >= 0.3 is 5.97 Å². The minimum absolute atomic E-state index is 0.0729. The fourth-order valence-corrected chi connectivity index (χ4v) is 1.92. The molecule has 6 heteroatoms. The van der Waals surface area contributed by atoms with Crippen LogP contribution in [-0.2, 0) is 0 Å². The zero-order chi connectivity index (χ0) is 14.9. The number of alkyl halides is 2. The first kappa shape index (κ1) is 14.2. The number of carboxylic acids is 1. The normalized spacial score (nSPS) is 11.3. The summed E-state index contributed by atoms with van der Waals surface area (Å²) in [6.07, 6.45) is -2.63. The first-order valence-corrected chi connectivity index (χ1v) is 6.03. The number of halogens is 2. The molecule has 0 spiro atoms. The number of carbonyl (C=O) groups is 1. The van der Waals surface area contributed by atoms with Gasteiger partial charge in [-0.3, -0.25) is 0 Å². The molecule has 4 nitrogen and oxygen atoms in total. The van der Waals surface area contributed by atoms with Crippen LogP contribution >= 0.6 is 0 Å². The first-order chi connectivity index (χ1) is 9.41. The minimum Gasteiger partial charge on any atom is -0.477 e. The molecule has 0 aliphatic heterocycles. The van der Waals surface area contributed by atoms with Crippen molar-refractivity contribution in [3.63, 3.8) is 0 Å². The Hall–Kier alpha value is -2.24. The summed E-state index contributed by atoms with van der Waals surface area (Å²) in [5.74, 6) is -1.12. The highest BCUT2D eigenvalue weighted by Crippen LogP contribution is 2.31. The van der Waals surface area contributed by atoms with Gasteiger partial charge < -0.3 is 9.63 Å². The van der Waals surface area contributed by atoms with Gasteiger partial charge in [0.15, 0.2) is 5.76 Å². The van der Waals surface area contributed by atoms with E-state index in [0.717, 1.165) is 0 Å². The predicted octanol–water partition coefficient (Wildman–Crippen LogP) is 4.10. The fourth-order valence-electron chi connectivity index (χ4n) is 1.92. The van der Waals surface area contributed by atoms with Crippen molar-refractivity contribution in [2.45, 2.75) is 26.2 Å². The van der Waals surface area contributed by atoms with Gasteiger partial charge in [-0.1, -0.05) is 37.2 Å². The third-order valence-electron chi connectivity index (χ3n) is 2.87. The molecule has 0 unspecified atom stereocenters. The van der Waals surface area contributed by atoms with E-state index in [0.29, 0.717) is 5.56 Å². The summed E-state index contributed by atoms with van der Waals surface area (Å²) in [5, 5.41) is 13.0. The second-order valence-electron chi connectivity index (χ2n) is 4.66. The summed E-state index contributed by atoms with van der Waals surface area (Å²) < 4.78 is 30.4. The van der Waals surface area contributed by atoms with Gasteiger partial charge in [0.1, 0.15) is 11.3 Å². The van der Waals surface area contributed by atoms with E-state index >= 15 is 0 Å². The van der Waals surface area contributed by atoms with E-state index in [9.17, 15) is 18.7 Å². The summed E-state index contributed by atoms with van der Waals surface area (Å²) in [7, 11) is 0. The summed E-state index contributed by atoms with van der Waals surface area (Å²) in [6, 6.07) is 5.46. The number of hydrogen-bond donors (Lipinski definition) is 1. The molecular formula is C14H13F2NO3. The Morgan fingerprint density at radius 3 is 2.60 bits per heavy atom. The first-order valence-electron chi connectivity index (χ1n) is 6.03. The van der Waals surface area contributed by atoms with E-state index in [1.54, 1.807) is 13.8 Å². The maximum absolute atomic E-state index is 12.7. The number of benzene rings is 1. The number of nitrogens with zero attached hydrogens (tertiary/aromatic N) is 1. The van der Waals surface area contributed by atoms with Crippen molar-refractivity contribution in [3.8, 4) is 11.3 Å². The Balaban J connectivity index is 2.58. The molecule has 106 valence electrons. The van der Waals surface area contributed by atoms with Crippen LogP contribution in [0, 0.1) is 0 Å². The quantitative estimate of drug-likeness (QED) is 0.916. The largest absolute Gasteiger partial charge is 0.477 e. The van der Waals surface area contributed by atoms with Crippen molar-refractivity contribution < 1.29 is 23.2 Å². The van der Waals surface area contributed by atoms with Gasteiger partial charge in [0.25, 0.3) is 6.43 Å². The highest BCUT2D eigenvalue weighted by atomic mass is 19.3. The van der Waals surface area contributed by atoms with Crippen LogP contribution in [0.25, 0.3) is 11.3 Å². The smallest absolute Gasteiger partial charge is 0.341 e. The average molecular weight is 281 g/mol. The van der Waals surface area contributed by atoms with Crippen molar-refractivity contribution in [3.05, 3.63) is 41.2 Å². The Morgan fingerprint density at radius 2 is 2.05 bits per heavy atom. The molecule has 1 N–H and O–H groups in total. The second-order valence-corrected chi connectivity index (χ2v) is 4.66. The number of hydrogen-bond acceptors (Lipinski definition) is 3. The topological polar surface area (TPSA) is 63.3 Å². The molecule has 0 amide bonds. The Morgan fingerprint density at radius 1 is 1.35 bits per heavy atom. The van der Waals surface area contributed by atoms with Crippen LogP contribution in [-0.4, -0.2) is 16.2 Å². The van der Waals surface area contributed by atoms with Crippen LogP contribution in [0.15, 0.2) is 28.8 Å². The van der Waals surface area contributed by atoms with Gasteiger partial charge in [0, 0.05) is 17.0 Å². The lowest BCUT2D eigenvalue weighted by Crippen LogP contribution is -2.02. The fraction of sp³-hybridized carbons (Fsp3) is 0.286. The lowest BCUT2D eigenvalue weighted by molar-refractivity contribution is 0.0694. The minimum atomic E-state index is -2.63. The lowest BCUT2D eigenvalue weighted by atomic mass is 10.00. The molecular weight excluding hydrogens is 268 g/mol. The maximum Gasteiger partial charge on any atom is 0.341 e. The maximum atomic E-state index is 12.7. The second kappa shape index (κ2) is 5.40. The number of rotatable bonds is 4. The van der Waals surface area contributed by atoms with Crippen LogP contribution in [0.1, 0.15) is 47.9 Å². The van der Waals surface area contributed by atoms with Gasteiger partial charge in [-0.05, 0) is 6.07 Å². The van der Waals surface area contributed by atoms with E-state index < -0.39 is 12.4 Å². The van der Waals surface area contributed by atoms with E-state index in [1.165, 1.54) is 24.3 Å². The predicted molar refractivity (Wildman–Crippen MR) is 67.9 cm³/mol. The molecule has 1 aromatic heterocycles. The number of carboxylic acid groups (broad SMARTS) is 1. The Bertz CT molecular complexity index is 635. The van der Waals surface area contributed by atoms with E-state index in [-0.39, 0.29) is 28.5 Å². The summed E-state index contributed by atoms with van der Waals surface area (Å²) in [4.78, 5) is 11.4. The third kappa shape index (κ3) is 2.54. The van der Waals surface area contributed by atoms with Crippen molar-refractivity contribution in [2.24, 2.45) is 0 Å². The van der Waals surface area contributed by atoms with Gasteiger partial charge in [0.2, 0.25) is 0 Å². The number of aromatic carboxylic acids is 1. The number of aromatic nitrogens is 1. The van der Waals surface area contributed by atoms with Crippen molar-refractivity contribution in [2.75, 3.05) is 0 Å². The van der Waals surface area contributed by atoms with Crippen LogP contribution in [0.3, 0.4) is 0 Å². The molecule has 0 fully saturated rings. The standard InChI is InChI=1S/C14H13F2NO3/c1-7(2)12-10(14(18)19)11(17-20-12)8-4-3-5-9(6-8)13(15)16/h3-7,13H,1-2H3,(H,18,19). The molecule has 20 heavy (non-hydrogen) atoms. The molecule has 2 rings (SSSR count). The van der Waals surface area contributed by atoms with E-state index in [1.807, 2.05) is 0 Å². The van der Waals surface area contributed by atoms with Gasteiger partial charge in [-0.15, -0.1) is 0 Å². The van der Waals surface area contributed by atoms with Gasteiger partial charge in [-0.2, -0.15) is 0 Å². The van der Waals surface area contributed by atoms with Crippen LogP contribution in [0.4, 0.5) is 8.78 Å². The Labute approximate surface area is 114 Å². The molecule has 2 aromatic rings. The van der Waals surface area contributed by atoms with Crippen LogP contribution in [0.2, 0.25) is 0 Å².